The van der Waals surface area contributed by atoms with E-state index in [4.69, 9.17) is 4.74 Å². The average molecular weight is 382 g/mol. The summed E-state index contributed by atoms with van der Waals surface area (Å²) in [6.07, 6.45) is 1.83. The van der Waals surface area contributed by atoms with E-state index in [1.807, 2.05) is 30.3 Å². The summed E-state index contributed by atoms with van der Waals surface area (Å²) in [6.45, 7) is 0. The molecule has 1 aliphatic heterocycles. The standard InChI is InChI=1S/C20H18N2O4S/c1-22-18(23)17(12-13-4-10-16(25-2)11-5-13)27-20(22)21-15-8-6-14(7-9-15)19(24)26-3/h4-12H,1-3H3. The number of amidine groups is 1. The Bertz CT molecular complexity index is 918. The van der Waals surface area contributed by atoms with Gasteiger partial charge in [0.2, 0.25) is 0 Å². The summed E-state index contributed by atoms with van der Waals surface area (Å²) in [5.74, 6) is 0.250. The highest BCUT2D eigenvalue weighted by Gasteiger charge is 2.30. The quantitative estimate of drug-likeness (QED) is 0.596. The molecule has 0 saturated carbocycles. The zero-order valence-corrected chi connectivity index (χ0v) is 15.9. The van der Waals surface area contributed by atoms with Crippen molar-refractivity contribution in [1.82, 2.24) is 4.90 Å². The molecule has 0 aliphatic carbocycles. The molecule has 7 heteroatoms. The highest BCUT2D eigenvalue weighted by molar-refractivity contribution is 8.18. The highest BCUT2D eigenvalue weighted by Crippen LogP contribution is 2.33. The number of likely N-dealkylation sites (N-methyl/N-ethyl adjacent to an activating group) is 1. The van der Waals surface area contributed by atoms with Gasteiger partial charge in [0.25, 0.3) is 5.91 Å². The first kappa shape index (κ1) is 18.7. The summed E-state index contributed by atoms with van der Waals surface area (Å²) in [5, 5.41) is 0.575. The number of thioether (sulfide) groups is 1. The van der Waals surface area contributed by atoms with Gasteiger partial charge < -0.3 is 9.47 Å². The van der Waals surface area contributed by atoms with Crippen LogP contribution in [0.1, 0.15) is 15.9 Å². The largest absolute Gasteiger partial charge is 0.497 e. The van der Waals surface area contributed by atoms with Gasteiger partial charge in [-0.2, -0.15) is 0 Å². The lowest BCUT2D eigenvalue weighted by Crippen LogP contribution is -2.23. The van der Waals surface area contributed by atoms with Gasteiger partial charge in [-0.3, -0.25) is 9.69 Å². The molecule has 1 aliphatic rings. The molecule has 0 atom stereocenters. The monoisotopic (exact) mass is 382 g/mol. The third-order valence-electron chi connectivity index (χ3n) is 3.93. The minimum atomic E-state index is -0.401. The van der Waals surface area contributed by atoms with Crippen LogP contribution in [0.15, 0.2) is 58.4 Å². The third kappa shape index (κ3) is 4.20. The molecule has 0 radical (unpaired) electrons. The molecule has 0 spiro atoms. The van der Waals surface area contributed by atoms with Crippen molar-refractivity contribution in [3.05, 3.63) is 64.6 Å². The van der Waals surface area contributed by atoms with Crippen LogP contribution in [0.3, 0.4) is 0 Å². The van der Waals surface area contributed by atoms with Gasteiger partial charge in [-0.05, 0) is 59.8 Å². The van der Waals surface area contributed by atoms with Crippen molar-refractivity contribution in [3.63, 3.8) is 0 Å². The lowest BCUT2D eigenvalue weighted by Gasteiger charge is -2.07. The number of carbonyl (C=O) groups excluding carboxylic acids is 2. The number of hydrogen-bond donors (Lipinski definition) is 0. The average Bonchev–Trinajstić information content (AvgIpc) is 2.96. The predicted molar refractivity (Wildman–Crippen MR) is 106 cm³/mol. The second-order valence-electron chi connectivity index (χ2n) is 5.68. The number of ether oxygens (including phenoxy) is 2. The molecule has 1 heterocycles. The topological polar surface area (TPSA) is 68.2 Å². The minimum absolute atomic E-state index is 0.110. The van der Waals surface area contributed by atoms with Gasteiger partial charge in [0.1, 0.15) is 5.75 Å². The first-order valence-electron chi connectivity index (χ1n) is 8.10. The van der Waals surface area contributed by atoms with Crippen LogP contribution in [0.25, 0.3) is 6.08 Å². The maximum Gasteiger partial charge on any atom is 0.337 e. The molecular formula is C20H18N2O4S. The summed E-state index contributed by atoms with van der Waals surface area (Å²) >= 11 is 1.31. The third-order valence-corrected chi connectivity index (χ3v) is 4.99. The van der Waals surface area contributed by atoms with Crippen LogP contribution < -0.4 is 4.74 Å². The summed E-state index contributed by atoms with van der Waals surface area (Å²) in [7, 11) is 4.63. The van der Waals surface area contributed by atoms with E-state index in [2.05, 4.69) is 9.73 Å². The van der Waals surface area contributed by atoms with Gasteiger partial charge in [0, 0.05) is 7.05 Å². The van der Waals surface area contributed by atoms with E-state index in [-0.39, 0.29) is 5.91 Å². The fourth-order valence-corrected chi connectivity index (χ4v) is 3.39. The van der Waals surface area contributed by atoms with Crippen molar-refractivity contribution in [1.29, 1.82) is 0 Å². The van der Waals surface area contributed by atoms with Crippen molar-refractivity contribution in [2.75, 3.05) is 21.3 Å². The van der Waals surface area contributed by atoms with Gasteiger partial charge in [-0.15, -0.1) is 0 Å². The summed E-state index contributed by atoms with van der Waals surface area (Å²) in [5.41, 5.74) is 2.00. The number of methoxy groups -OCH3 is 2. The first-order valence-corrected chi connectivity index (χ1v) is 8.92. The van der Waals surface area contributed by atoms with Crippen LogP contribution in [0.2, 0.25) is 0 Å². The molecule has 0 unspecified atom stereocenters. The maximum absolute atomic E-state index is 12.5. The molecule has 0 bridgehead atoms. The molecule has 1 saturated heterocycles. The second kappa shape index (κ2) is 8.09. The van der Waals surface area contributed by atoms with Crippen molar-refractivity contribution >= 4 is 40.6 Å². The van der Waals surface area contributed by atoms with Crippen LogP contribution in [-0.2, 0) is 9.53 Å². The van der Waals surface area contributed by atoms with Gasteiger partial charge in [0.15, 0.2) is 5.17 Å². The molecule has 138 valence electrons. The van der Waals surface area contributed by atoms with Crippen LogP contribution in [0.5, 0.6) is 5.75 Å². The smallest absolute Gasteiger partial charge is 0.337 e. The molecule has 3 rings (SSSR count). The number of amides is 1. The van der Waals surface area contributed by atoms with Crippen LogP contribution in [-0.4, -0.2) is 43.2 Å². The van der Waals surface area contributed by atoms with E-state index in [9.17, 15) is 9.59 Å². The number of aliphatic imine (C=N–C) groups is 1. The van der Waals surface area contributed by atoms with Gasteiger partial charge >= 0.3 is 5.97 Å². The maximum atomic E-state index is 12.5. The Morgan fingerprint density at radius 1 is 1.07 bits per heavy atom. The Labute approximate surface area is 161 Å². The van der Waals surface area contributed by atoms with E-state index >= 15 is 0 Å². The highest BCUT2D eigenvalue weighted by atomic mass is 32.2. The number of rotatable bonds is 4. The Morgan fingerprint density at radius 3 is 2.33 bits per heavy atom. The molecular weight excluding hydrogens is 364 g/mol. The van der Waals surface area contributed by atoms with Crippen LogP contribution in [0.4, 0.5) is 5.69 Å². The van der Waals surface area contributed by atoms with E-state index in [0.29, 0.717) is 21.3 Å². The van der Waals surface area contributed by atoms with Crippen LogP contribution in [0, 0.1) is 0 Å². The minimum Gasteiger partial charge on any atom is -0.497 e. The van der Waals surface area contributed by atoms with Gasteiger partial charge in [0.05, 0.1) is 30.4 Å². The Hall–Kier alpha value is -3.06. The van der Waals surface area contributed by atoms with Crippen molar-refractivity contribution < 1.29 is 19.1 Å². The number of hydrogen-bond acceptors (Lipinski definition) is 6. The molecule has 1 amide bonds. The molecule has 1 fully saturated rings. The fraction of sp³-hybridized carbons (Fsp3) is 0.150. The lowest BCUT2D eigenvalue weighted by atomic mass is 10.2. The molecule has 6 nitrogen and oxygen atoms in total. The van der Waals surface area contributed by atoms with E-state index < -0.39 is 5.97 Å². The SMILES string of the molecule is COC(=O)c1ccc(N=C2SC(=Cc3ccc(OC)cc3)C(=O)N2C)cc1. The van der Waals surface area contributed by atoms with E-state index in [1.54, 1.807) is 38.4 Å². The van der Waals surface area contributed by atoms with Crippen molar-refractivity contribution in [2.24, 2.45) is 4.99 Å². The summed E-state index contributed by atoms with van der Waals surface area (Å²) in [4.78, 5) is 30.6. The number of benzene rings is 2. The van der Waals surface area contributed by atoms with Gasteiger partial charge in [-0.1, -0.05) is 12.1 Å². The van der Waals surface area contributed by atoms with Crippen molar-refractivity contribution in [2.45, 2.75) is 0 Å². The lowest BCUT2D eigenvalue weighted by molar-refractivity contribution is -0.121. The van der Waals surface area contributed by atoms with Crippen molar-refractivity contribution in [3.8, 4) is 5.75 Å². The molecule has 0 aromatic heterocycles. The van der Waals surface area contributed by atoms with Crippen LogP contribution >= 0.6 is 11.8 Å². The molecule has 27 heavy (non-hydrogen) atoms. The normalized spacial score (nSPS) is 16.9. The summed E-state index contributed by atoms with van der Waals surface area (Å²) in [6, 6.07) is 14.2. The Balaban J connectivity index is 1.81. The molecule has 2 aromatic carbocycles. The zero-order chi connectivity index (χ0) is 19.4. The predicted octanol–water partition coefficient (Wildman–Crippen LogP) is 3.72. The number of esters is 1. The fourth-order valence-electron chi connectivity index (χ4n) is 2.40. The van der Waals surface area contributed by atoms with E-state index in [1.165, 1.54) is 23.8 Å². The Kier molecular flexibility index (Phi) is 5.61. The Morgan fingerprint density at radius 2 is 1.74 bits per heavy atom. The second-order valence-corrected chi connectivity index (χ2v) is 6.69. The molecule has 2 aromatic rings. The molecule has 0 N–H and O–H groups in total. The first-order chi connectivity index (χ1) is 13.0. The summed E-state index contributed by atoms with van der Waals surface area (Å²) < 4.78 is 9.82. The van der Waals surface area contributed by atoms with E-state index in [0.717, 1.165) is 11.3 Å². The number of carbonyl (C=O) groups is 2. The number of nitrogens with zero attached hydrogens (tertiary/aromatic N) is 2. The zero-order valence-electron chi connectivity index (χ0n) is 15.1. The van der Waals surface area contributed by atoms with Gasteiger partial charge in [-0.25, -0.2) is 9.79 Å².